The molecule has 0 amide bonds. The number of benzene rings is 1. The van der Waals surface area contributed by atoms with Crippen LogP contribution in [0.1, 0.15) is 21.5 Å². The molecular formula is C14H10ClN3O2. The van der Waals surface area contributed by atoms with Gasteiger partial charge in [0.25, 0.3) is 0 Å². The number of aryl methyl sites for hydroxylation is 1. The lowest BCUT2D eigenvalue weighted by Crippen LogP contribution is -2.05. The number of carbonyl (C=O) groups is 1. The maximum atomic E-state index is 11.2. The van der Waals surface area contributed by atoms with E-state index in [9.17, 15) is 4.79 Å². The van der Waals surface area contributed by atoms with Crippen LogP contribution in [-0.4, -0.2) is 16.1 Å². The predicted octanol–water partition coefficient (Wildman–Crippen LogP) is 3.36. The molecule has 100 valence electrons. The van der Waals surface area contributed by atoms with Gasteiger partial charge in [0, 0.05) is 5.69 Å². The molecule has 6 heteroatoms. The number of pyridine rings is 1. The molecule has 0 aliphatic heterocycles. The minimum atomic E-state index is -1.11. The lowest BCUT2D eigenvalue weighted by molar-refractivity contribution is 0.0697. The fourth-order valence-electron chi connectivity index (χ4n) is 1.66. The second-order valence-corrected chi connectivity index (χ2v) is 4.49. The summed E-state index contributed by atoms with van der Waals surface area (Å²) in [5.74, 6) is -0.964. The normalized spacial score (nSPS) is 9.85. The molecule has 1 aromatic carbocycles. The monoisotopic (exact) mass is 287 g/mol. The molecule has 0 spiro atoms. The Balaban J connectivity index is 2.47. The molecule has 1 heterocycles. The second kappa shape index (κ2) is 5.59. The number of nitrogens with one attached hydrogen (secondary N) is 1. The molecule has 2 N–H and O–H groups in total. The molecule has 2 aromatic rings. The van der Waals surface area contributed by atoms with Gasteiger partial charge in [-0.15, -0.1) is 0 Å². The van der Waals surface area contributed by atoms with E-state index < -0.39 is 5.97 Å². The molecule has 0 saturated heterocycles. The van der Waals surface area contributed by atoms with Gasteiger partial charge in [-0.2, -0.15) is 5.26 Å². The summed E-state index contributed by atoms with van der Waals surface area (Å²) in [6.45, 7) is 1.84. The zero-order chi connectivity index (χ0) is 14.7. The predicted molar refractivity (Wildman–Crippen MR) is 75.4 cm³/mol. The molecule has 0 aliphatic rings. The Hall–Kier alpha value is -2.58. The summed E-state index contributed by atoms with van der Waals surface area (Å²) >= 11 is 5.79. The first-order chi connectivity index (χ1) is 9.51. The fourth-order valence-corrected chi connectivity index (χ4v) is 1.80. The smallest absolute Gasteiger partial charge is 0.339 e. The van der Waals surface area contributed by atoms with E-state index in [-0.39, 0.29) is 16.5 Å². The van der Waals surface area contributed by atoms with E-state index in [1.165, 1.54) is 12.1 Å². The molecule has 0 radical (unpaired) electrons. The molecule has 2 rings (SSSR count). The number of nitrogens with zero attached hydrogens (tertiary/aromatic N) is 2. The highest BCUT2D eigenvalue weighted by Gasteiger charge is 2.13. The zero-order valence-corrected chi connectivity index (χ0v) is 11.3. The third kappa shape index (κ3) is 2.87. The lowest BCUT2D eigenvalue weighted by Gasteiger charge is -2.11. The molecule has 0 atom stereocenters. The summed E-state index contributed by atoms with van der Waals surface area (Å²) in [4.78, 5) is 15.1. The maximum absolute atomic E-state index is 11.2. The fraction of sp³-hybridized carbons (Fsp3) is 0.0714. The van der Waals surface area contributed by atoms with E-state index in [1.54, 1.807) is 18.2 Å². The summed E-state index contributed by atoms with van der Waals surface area (Å²) in [5.41, 5.74) is 1.96. The van der Waals surface area contributed by atoms with E-state index >= 15 is 0 Å². The topological polar surface area (TPSA) is 86.0 Å². The van der Waals surface area contributed by atoms with E-state index in [0.717, 1.165) is 5.56 Å². The SMILES string of the molecule is Cc1ccc(C#N)cc1Nc1nc(Cl)ccc1C(=O)O. The largest absolute Gasteiger partial charge is 0.478 e. The van der Waals surface area contributed by atoms with Crippen molar-refractivity contribution in [1.29, 1.82) is 5.26 Å². The van der Waals surface area contributed by atoms with Crippen molar-refractivity contribution in [2.45, 2.75) is 6.92 Å². The third-order valence-electron chi connectivity index (χ3n) is 2.71. The number of nitriles is 1. The van der Waals surface area contributed by atoms with Crippen LogP contribution >= 0.6 is 11.6 Å². The molecular weight excluding hydrogens is 278 g/mol. The van der Waals surface area contributed by atoms with Crippen LogP contribution in [0.15, 0.2) is 30.3 Å². The quantitative estimate of drug-likeness (QED) is 0.845. The number of halogens is 1. The van der Waals surface area contributed by atoms with Gasteiger partial charge in [0.1, 0.15) is 16.5 Å². The van der Waals surface area contributed by atoms with Crippen molar-refractivity contribution in [3.8, 4) is 6.07 Å². The first kappa shape index (κ1) is 13.8. The van der Waals surface area contributed by atoms with Gasteiger partial charge in [0.05, 0.1) is 11.6 Å². The van der Waals surface area contributed by atoms with Gasteiger partial charge in [-0.3, -0.25) is 0 Å². The minimum Gasteiger partial charge on any atom is -0.478 e. The highest BCUT2D eigenvalue weighted by atomic mass is 35.5. The van der Waals surface area contributed by atoms with Crippen molar-refractivity contribution < 1.29 is 9.90 Å². The number of carboxylic acids is 1. The van der Waals surface area contributed by atoms with Gasteiger partial charge < -0.3 is 10.4 Å². The van der Waals surface area contributed by atoms with Gasteiger partial charge in [0.2, 0.25) is 0 Å². The van der Waals surface area contributed by atoms with Crippen LogP contribution in [0.25, 0.3) is 0 Å². The van der Waals surface area contributed by atoms with Gasteiger partial charge in [-0.25, -0.2) is 9.78 Å². The summed E-state index contributed by atoms with van der Waals surface area (Å²) < 4.78 is 0. The Kier molecular flexibility index (Phi) is 3.87. The molecule has 20 heavy (non-hydrogen) atoms. The van der Waals surface area contributed by atoms with Gasteiger partial charge >= 0.3 is 5.97 Å². The van der Waals surface area contributed by atoms with Crippen molar-refractivity contribution in [2.24, 2.45) is 0 Å². The van der Waals surface area contributed by atoms with Crippen LogP contribution in [0.5, 0.6) is 0 Å². The van der Waals surface area contributed by atoms with Crippen molar-refractivity contribution >= 4 is 29.1 Å². The van der Waals surface area contributed by atoms with Crippen molar-refractivity contribution in [1.82, 2.24) is 4.98 Å². The van der Waals surface area contributed by atoms with Gasteiger partial charge in [0.15, 0.2) is 0 Å². The van der Waals surface area contributed by atoms with E-state index in [1.807, 2.05) is 13.0 Å². The van der Waals surface area contributed by atoms with Crippen LogP contribution in [0.3, 0.4) is 0 Å². The maximum Gasteiger partial charge on any atom is 0.339 e. The summed E-state index contributed by atoms with van der Waals surface area (Å²) in [7, 11) is 0. The Morgan fingerprint density at radius 2 is 2.15 bits per heavy atom. The number of aromatic carboxylic acids is 1. The van der Waals surface area contributed by atoms with Crippen molar-refractivity contribution in [3.05, 3.63) is 52.2 Å². The first-order valence-electron chi connectivity index (χ1n) is 5.69. The summed E-state index contributed by atoms with van der Waals surface area (Å²) in [5, 5.41) is 21.1. The van der Waals surface area contributed by atoms with E-state index in [4.69, 9.17) is 22.0 Å². The first-order valence-corrected chi connectivity index (χ1v) is 6.06. The minimum absolute atomic E-state index is 0.0103. The molecule has 0 unspecified atom stereocenters. The highest BCUT2D eigenvalue weighted by molar-refractivity contribution is 6.29. The zero-order valence-electron chi connectivity index (χ0n) is 10.5. The van der Waals surface area contributed by atoms with Crippen molar-refractivity contribution in [3.63, 3.8) is 0 Å². The number of hydrogen-bond donors (Lipinski definition) is 2. The molecule has 0 fully saturated rings. The standard InChI is InChI=1S/C14H10ClN3O2/c1-8-2-3-9(7-16)6-11(8)17-13-10(14(19)20)4-5-12(15)18-13/h2-6H,1H3,(H,17,18)(H,19,20). The van der Waals surface area contributed by atoms with Crippen LogP contribution in [-0.2, 0) is 0 Å². The number of carboxylic acid groups (broad SMARTS) is 1. The third-order valence-corrected chi connectivity index (χ3v) is 2.92. The Morgan fingerprint density at radius 1 is 1.40 bits per heavy atom. The van der Waals surface area contributed by atoms with Crippen LogP contribution in [0.2, 0.25) is 5.15 Å². The number of anilines is 2. The molecule has 0 aliphatic carbocycles. The molecule has 1 aromatic heterocycles. The lowest BCUT2D eigenvalue weighted by atomic mass is 10.1. The molecule has 0 saturated carbocycles. The Labute approximate surface area is 120 Å². The van der Waals surface area contributed by atoms with Crippen LogP contribution < -0.4 is 5.32 Å². The highest BCUT2D eigenvalue weighted by Crippen LogP contribution is 2.24. The van der Waals surface area contributed by atoms with E-state index in [2.05, 4.69) is 10.3 Å². The molecule has 0 bridgehead atoms. The summed E-state index contributed by atoms with van der Waals surface area (Å²) in [6.07, 6.45) is 0. The molecule has 5 nitrogen and oxygen atoms in total. The Morgan fingerprint density at radius 3 is 2.80 bits per heavy atom. The van der Waals surface area contributed by atoms with Crippen molar-refractivity contribution in [2.75, 3.05) is 5.32 Å². The number of hydrogen-bond acceptors (Lipinski definition) is 4. The average Bonchev–Trinajstić information content (AvgIpc) is 2.41. The van der Waals surface area contributed by atoms with Crippen LogP contribution in [0, 0.1) is 18.3 Å². The summed E-state index contributed by atoms with van der Waals surface area (Å²) in [6, 6.07) is 9.90. The second-order valence-electron chi connectivity index (χ2n) is 4.10. The Bertz CT molecular complexity index is 723. The van der Waals surface area contributed by atoms with E-state index in [0.29, 0.717) is 11.3 Å². The van der Waals surface area contributed by atoms with Crippen LogP contribution in [0.4, 0.5) is 11.5 Å². The number of rotatable bonds is 3. The average molecular weight is 288 g/mol. The van der Waals surface area contributed by atoms with Gasteiger partial charge in [-0.05, 0) is 36.8 Å². The van der Waals surface area contributed by atoms with Gasteiger partial charge in [-0.1, -0.05) is 17.7 Å². The number of aromatic nitrogens is 1.